The fourth-order valence-electron chi connectivity index (χ4n) is 5.37. The summed E-state index contributed by atoms with van der Waals surface area (Å²) in [7, 11) is 0. The van der Waals surface area contributed by atoms with Gasteiger partial charge >= 0.3 is 11.7 Å². The third-order valence-corrected chi connectivity index (χ3v) is 7.21. The summed E-state index contributed by atoms with van der Waals surface area (Å²) in [5.74, 6) is -0.163. The Morgan fingerprint density at radius 3 is 2.23 bits per heavy atom. The van der Waals surface area contributed by atoms with E-state index in [2.05, 4.69) is 4.98 Å². The second-order valence-electron chi connectivity index (χ2n) is 9.24. The molecule has 2 bridgehead atoms. The van der Waals surface area contributed by atoms with E-state index in [1.807, 2.05) is 13.8 Å². The van der Waals surface area contributed by atoms with E-state index in [1.165, 1.54) is 4.57 Å². The van der Waals surface area contributed by atoms with Gasteiger partial charge in [-0.25, -0.2) is 14.6 Å². The van der Waals surface area contributed by atoms with Gasteiger partial charge in [0.1, 0.15) is 11.3 Å². The molecule has 3 fully saturated rings. The molecule has 5 rings (SSSR count). The zero-order chi connectivity index (χ0) is 22.4. The average molecular weight is 433 g/mol. The van der Waals surface area contributed by atoms with Crippen LogP contribution in [0, 0.1) is 0 Å². The summed E-state index contributed by atoms with van der Waals surface area (Å²) < 4.78 is 8.90. The van der Waals surface area contributed by atoms with Crippen LogP contribution < -0.4 is 11.2 Å². The molecular formula is C22H32N4O5. The monoisotopic (exact) mass is 432 g/mol. The second kappa shape index (κ2) is 7.93. The Labute approximate surface area is 180 Å². The summed E-state index contributed by atoms with van der Waals surface area (Å²) in [6, 6.07) is 0. The molecule has 0 radical (unpaired) electrons. The van der Waals surface area contributed by atoms with Gasteiger partial charge in [-0.1, -0.05) is 13.8 Å². The molecule has 0 saturated heterocycles. The lowest BCUT2D eigenvalue weighted by molar-refractivity contribution is -0.178. The Hall–Kier alpha value is -2.42. The first-order valence-electron chi connectivity index (χ1n) is 11.4. The van der Waals surface area contributed by atoms with Crippen LogP contribution in [-0.4, -0.2) is 41.9 Å². The zero-order valence-electron chi connectivity index (χ0n) is 18.6. The van der Waals surface area contributed by atoms with Crippen LogP contribution in [0.1, 0.15) is 78.0 Å². The number of carboxylic acids is 1. The molecule has 170 valence electrons. The number of H-pyrrole nitrogens is 1. The Bertz CT molecular complexity index is 1090. The molecule has 3 saturated carbocycles. The maximum atomic E-state index is 13.0. The lowest BCUT2D eigenvalue weighted by Crippen LogP contribution is -2.52. The number of aromatic nitrogens is 4. The van der Waals surface area contributed by atoms with Gasteiger partial charge in [-0.3, -0.25) is 13.9 Å². The molecule has 2 aromatic rings. The van der Waals surface area contributed by atoms with Gasteiger partial charge in [0.2, 0.25) is 0 Å². The molecule has 31 heavy (non-hydrogen) atoms. The van der Waals surface area contributed by atoms with Crippen molar-refractivity contribution in [2.75, 3.05) is 0 Å². The maximum Gasteiger partial charge on any atom is 0.332 e. The topological polar surface area (TPSA) is 119 Å². The molecule has 2 heterocycles. The lowest BCUT2D eigenvalue weighted by atomic mass is 9.58. The Balaban J connectivity index is 1.71. The van der Waals surface area contributed by atoms with Crippen molar-refractivity contribution < 1.29 is 14.6 Å². The van der Waals surface area contributed by atoms with Gasteiger partial charge in [0.25, 0.3) is 5.56 Å². The maximum absolute atomic E-state index is 13.0. The zero-order valence-corrected chi connectivity index (χ0v) is 18.6. The molecule has 2 aromatic heterocycles. The number of aryl methyl sites for hydroxylation is 1. The lowest BCUT2D eigenvalue weighted by Gasteiger charge is -2.52. The van der Waals surface area contributed by atoms with Gasteiger partial charge in [0, 0.05) is 18.5 Å². The van der Waals surface area contributed by atoms with Crippen molar-refractivity contribution in [1.82, 2.24) is 19.1 Å². The fourth-order valence-corrected chi connectivity index (χ4v) is 5.37. The molecular weight excluding hydrogens is 400 g/mol. The van der Waals surface area contributed by atoms with E-state index in [4.69, 9.17) is 9.72 Å². The molecule has 1 unspecified atom stereocenters. The Morgan fingerprint density at radius 2 is 1.68 bits per heavy atom. The van der Waals surface area contributed by atoms with Gasteiger partial charge in [0.05, 0.1) is 5.60 Å². The van der Waals surface area contributed by atoms with Crippen molar-refractivity contribution in [2.45, 2.75) is 102 Å². The van der Waals surface area contributed by atoms with Crippen LogP contribution in [0.25, 0.3) is 11.2 Å². The SMILES string of the molecule is CCCn1c(=O)c2[nH]c(C34CCC(OC(C)C(=O)O)(CC3)CC4)nc2n(CCC)c1=O. The molecule has 9 nitrogen and oxygen atoms in total. The van der Waals surface area contributed by atoms with Gasteiger partial charge < -0.3 is 14.8 Å². The van der Waals surface area contributed by atoms with Crippen molar-refractivity contribution in [3.8, 4) is 0 Å². The predicted molar refractivity (Wildman–Crippen MR) is 115 cm³/mol. The molecule has 1 atom stereocenters. The number of carboxylic acid groups (broad SMARTS) is 1. The van der Waals surface area contributed by atoms with E-state index in [0.29, 0.717) is 30.7 Å². The number of hydrogen-bond donors (Lipinski definition) is 2. The number of ether oxygens (including phenoxy) is 1. The van der Waals surface area contributed by atoms with Gasteiger partial charge in [-0.2, -0.15) is 0 Å². The normalized spacial score (nSPS) is 26.4. The largest absolute Gasteiger partial charge is 0.479 e. The van der Waals surface area contributed by atoms with Gasteiger partial charge in [-0.15, -0.1) is 0 Å². The first-order chi connectivity index (χ1) is 14.8. The van der Waals surface area contributed by atoms with Crippen molar-refractivity contribution in [3.05, 3.63) is 26.7 Å². The first-order valence-corrected chi connectivity index (χ1v) is 11.4. The average Bonchev–Trinajstić information content (AvgIpc) is 3.21. The van der Waals surface area contributed by atoms with E-state index in [1.54, 1.807) is 11.5 Å². The number of rotatable bonds is 8. The molecule has 3 aliphatic rings. The third kappa shape index (κ3) is 3.52. The summed E-state index contributed by atoms with van der Waals surface area (Å²) >= 11 is 0. The summed E-state index contributed by atoms with van der Waals surface area (Å²) in [5.41, 5.74) is -0.311. The molecule has 0 amide bonds. The van der Waals surface area contributed by atoms with Crippen LogP contribution in [0.15, 0.2) is 9.59 Å². The van der Waals surface area contributed by atoms with Gasteiger partial charge in [0.15, 0.2) is 11.8 Å². The number of hydrogen-bond acceptors (Lipinski definition) is 5. The molecule has 9 heteroatoms. The minimum absolute atomic E-state index is 0.189. The first kappa shape index (κ1) is 21.8. The van der Waals surface area contributed by atoms with Crippen molar-refractivity contribution >= 4 is 17.1 Å². The number of fused-ring (bicyclic) bond motifs is 4. The number of aliphatic carboxylic acids is 1. The van der Waals surface area contributed by atoms with Crippen LogP contribution >= 0.6 is 0 Å². The molecule has 2 N–H and O–H groups in total. The Morgan fingerprint density at radius 1 is 1.10 bits per heavy atom. The highest BCUT2D eigenvalue weighted by molar-refractivity contribution is 5.72. The summed E-state index contributed by atoms with van der Waals surface area (Å²) in [5, 5.41) is 9.22. The summed E-state index contributed by atoms with van der Waals surface area (Å²) in [6.45, 7) is 6.43. The number of aromatic amines is 1. The summed E-state index contributed by atoms with van der Waals surface area (Å²) in [4.78, 5) is 45.3. The number of nitrogens with one attached hydrogen (secondary N) is 1. The minimum atomic E-state index is -0.939. The van der Waals surface area contributed by atoms with E-state index in [9.17, 15) is 19.5 Å². The van der Waals surface area contributed by atoms with Crippen molar-refractivity contribution in [1.29, 1.82) is 0 Å². The Kier molecular flexibility index (Phi) is 5.57. The van der Waals surface area contributed by atoms with E-state index < -0.39 is 12.1 Å². The molecule has 0 aliphatic heterocycles. The van der Waals surface area contributed by atoms with Crippen molar-refractivity contribution in [2.24, 2.45) is 0 Å². The van der Waals surface area contributed by atoms with Crippen LogP contribution in [0.5, 0.6) is 0 Å². The molecule has 0 spiro atoms. The smallest absolute Gasteiger partial charge is 0.332 e. The quantitative estimate of drug-likeness (QED) is 0.662. The predicted octanol–water partition coefficient (Wildman–Crippen LogP) is 2.54. The van der Waals surface area contributed by atoms with E-state index >= 15 is 0 Å². The summed E-state index contributed by atoms with van der Waals surface area (Å²) in [6.07, 6.45) is 5.41. The highest BCUT2D eigenvalue weighted by Crippen LogP contribution is 2.54. The molecule has 3 aliphatic carbocycles. The van der Waals surface area contributed by atoms with Crippen LogP contribution in [-0.2, 0) is 28.0 Å². The molecule has 0 aromatic carbocycles. The van der Waals surface area contributed by atoms with E-state index in [0.717, 1.165) is 50.8 Å². The van der Waals surface area contributed by atoms with Crippen LogP contribution in [0.3, 0.4) is 0 Å². The standard InChI is InChI=1S/C22H32N4O5/c1-4-12-25-16-15(17(27)26(13-5-2)20(25)30)23-19(24-16)21-6-9-22(10-7-21,11-8-21)31-14(3)18(28)29/h14H,4-13H2,1-3H3,(H,23,24)(H,28,29). The van der Waals surface area contributed by atoms with Gasteiger partial charge in [-0.05, 0) is 58.3 Å². The van der Waals surface area contributed by atoms with Crippen LogP contribution in [0.2, 0.25) is 0 Å². The third-order valence-electron chi connectivity index (χ3n) is 7.21. The number of nitrogens with zero attached hydrogens (tertiary/aromatic N) is 3. The highest BCUT2D eigenvalue weighted by atomic mass is 16.5. The number of carbonyl (C=O) groups is 1. The van der Waals surface area contributed by atoms with Crippen molar-refractivity contribution in [3.63, 3.8) is 0 Å². The number of imidazole rings is 1. The second-order valence-corrected chi connectivity index (χ2v) is 9.24. The van der Waals surface area contributed by atoms with Crippen LogP contribution in [0.4, 0.5) is 0 Å². The highest BCUT2D eigenvalue weighted by Gasteiger charge is 2.52. The van der Waals surface area contributed by atoms with E-state index in [-0.39, 0.29) is 22.3 Å². The fraction of sp³-hybridized carbons (Fsp3) is 0.727. The minimum Gasteiger partial charge on any atom is -0.479 e.